The summed E-state index contributed by atoms with van der Waals surface area (Å²) in [6, 6.07) is 19.2. The van der Waals surface area contributed by atoms with Gasteiger partial charge in [0.1, 0.15) is 0 Å². The lowest BCUT2D eigenvalue weighted by Crippen LogP contribution is -2.35. The number of nitrogens with one attached hydrogen (secondary N) is 2. The summed E-state index contributed by atoms with van der Waals surface area (Å²) in [7, 11) is 0. The molecule has 0 saturated heterocycles. The van der Waals surface area contributed by atoms with E-state index in [1.807, 2.05) is 0 Å². The minimum absolute atomic E-state index is 0.368. The SMILES string of the molecule is Fc1c(F)c(F)c(-c2c3nc(c(-c4c(F)c(F)c(F)c(F)c4F)c4ccc([nH]4)c(-c4c(F)c(F)c(F)c(F)c4F)c4nc(c(-c5c(F)c(F)c(F)c(F)c5F)c5ccc2[nH]5)C2C5c6ccccc6C(c6cc7ccccc7cc65)C42)C=C3)c(F)c1F. The van der Waals surface area contributed by atoms with Crippen molar-refractivity contribution in [2.24, 2.45) is 0 Å². The molecule has 5 heterocycles. The maximum absolute atomic E-state index is 17.1. The van der Waals surface area contributed by atoms with Crippen molar-refractivity contribution in [1.82, 2.24) is 19.9 Å². The van der Waals surface area contributed by atoms with Crippen molar-refractivity contribution >= 4 is 45.0 Å². The fourth-order valence-corrected chi connectivity index (χ4v) is 12.7. The van der Waals surface area contributed by atoms with Gasteiger partial charge in [-0.2, -0.15) is 0 Å². The lowest BCUT2D eigenvalue weighted by atomic mass is 9.53. The Morgan fingerprint density at radius 3 is 0.814 bits per heavy atom. The van der Waals surface area contributed by atoms with Crippen molar-refractivity contribution < 1.29 is 87.8 Å². The summed E-state index contributed by atoms with van der Waals surface area (Å²) in [5.74, 6) is -58.4. The van der Waals surface area contributed by atoms with Crippen LogP contribution in [-0.4, -0.2) is 19.9 Å². The summed E-state index contributed by atoms with van der Waals surface area (Å²) < 4.78 is 319. The highest BCUT2D eigenvalue weighted by Crippen LogP contribution is 2.68. The molecule has 7 aromatic carbocycles. The van der Waals surface area contributed by atoms with Gasteiger partial charge in [-0.25, -0.2) is 92.8 Å². The predicted octanol–water partition coefficient (Wildman–Crippen LogP) is 18.2. The molecule has 4 nitrogen and oxygen atoms in total. The number of hydrogen-bond donors (Lipinski definition) is 2. The van der Waals surface area contributed by atoms with Crippen molar-refractivity contribution in [2.75, 3.05) is 0 Å². The Bertz CT molecular complexity index is 4590. The first-order valence-corrected chi connectivity index (χ1v) is 25.2. The second kappa shape index (κ2) is 18.9. The normalized spacial score (nSPS) is 16.6. The number of rotatable bonds is 4. The third kappa shape index (κ3) is 7.20. The summed E-state index contributed by atoms with van der Waals surface area (Å²) >= 11 is 0. The molecule has 4 atom stereocenters. The summed E-state index contributed by atoms with van der Waals surface area (Å²) in [4.78, 5) is 13.8. The first-order chi connectivity index (χ1) is 41.0. The van der Waals surface area contributed by atoms with Gasteiger partial charge >= 0.3 is 0 Å². The topological polar surface area (TPSA) is 57.4 Å². The standard InChI is InChI=1S/C62H22F20N4/c63-41-37(42(64)50(72)57(79)49(41)71)31-23-9-10-24(83-23)32(38-43(65)51(73)58(80)52(74)44(38)66)26-12-14-28(85-26)34(40-47(69)55(77)60(82)56(78)48(40)70)62-36-30-20-8-4-3-7-19(20)29(21-15-17-5-1-2-6-18(17)16-22(21)30)35(36)61(86-62)33(27-13-11-25(31)84-27)39-45(67)53(75)59(81)54(76)46(39)68/h1-16,29-30,35-36,84-85H. The summed E-state index contributed by atoms with van der Waals surface area (Å²) in [5, 5.41) is 1.09. The number of halogens is 20. The van der Waals surface area contributed by atoms with Crippen LogP contribution in [0.1, 0.15) is 68.7 Å². The van der Waals surface area contributed by atoms with Crippen LogP contribution in [0.3, 0.4) is 0 Å². The Morgan fingerprint density at radius 2 is 0.512 bits per heavy atom. The number of aromatic nitrogens is 4. The minimum atomic E-state index is -2.71. The van der Waals surface area contributed by atoms with E-state index in [0.717, 1.165) is 12.1 Å². The Kier molecular flexibility index (Phi) is 11.9. The number of fused-ring (bicyclic) bond motifs is 9. The molecule has 0 radical (unpaired) electrons. The predicted molar refractivity (Wildman–Crippen MR) is 270 cm³/mol. The summed E-state index contributed by atoms with van der Waals surface area (Å²) in [6.07, 6.45) is 1.28. The summed E-state index contributed by atoms with van der Waals surface area (Å²) in [6.45, 7) is 0. The highest BCUT2D eigenvalue weighted by atomic mass is 19.2. The van der Waals surface area contributed by atoms with Gasteiger partial charge in [-0.15, -0.1) is 0 Å². The molecule has 0 saturated carbocycles. The van der Waals surface area contributed by atoms with E-state index in [4.69, 9.17) is 4.98 Å². The Morgan fingerprint density at radius 1 is 0.256 bits per heavy atom. The molecule has 10 aromatic rings. The lowest BCUT2D eigenvalue weighted by Gasteiger charge is -2.48. The largest absolute Gasteiger partial charge is 0.354 e. The van der Waals surface area contributed by atoms with Crippen LogP contribution >= 0.6 is 0 Å². The van der Waals surface area contributed by atoms with E-state index in [-0.39, 0.29) is 0 Å². The maximum Gasteiger partial charge on any atom is 0.200 e. The van der Waals surface area contributed by atoms with Gasteiger partial charge < -0.3 is 9.97 Å². The number of hydrogen-bond acceptors (Lipinski definition) is 2. The van der Waals surface area contributed by atoms with Crippen LogP contribution in [0.25, 0.3) is 89.5 Å². The number of nitrogens with zero attached hydrogens (tertiary/aromatic N) is 2. The molecule has 0 amide bonds. The molecule has 0 fully saturated rings. The van der Waals surface area contributed by atoms with E-state index < -0.39 is 229 Å². The minimum Gasteiger partial charge on any atom is -0.354 e. The smallest absolute Gasteiger partial charge is 0.200 e. The molecular formula is C62H22F20N4. The van der Waals surface area contributed by atoms with Crippen molar-refractivity contribution in [2.45, 2.75) is 23.7 Å². The van der Waals surface area contributed by atoms with E-state index in [1.54, 1.807) is 60.7 Å². The number of benzene rings is 7. The Balaban J connectivity index is 1.29. The van der Waals surface area contributed by atoms with Crippen LogP contribution in [0, 0.1) is 116 Å². The second-order valence-corrected chi connectivity index (χ2v) is 20.4. The van der Waals surface area contributed by atoms with Gasteiger partial charge in [-0.3, -0.25) is 4.98 Å². The second-order valence-electron chi connectivity index (χ2n) is 20.4. The zero-order valence-corrected chi connectivity index (χ0v) is 42.0. The monoisotopic (exact) mass is 1200 g/mol. The zero-order valence-electron chi connectivity index (χ0n) is 42.0. The van der Waals surface area contributed by atoms with Crippen LogP contribution in [0.2, 0.25) is 0 Å². The molecule has 15 rings (SSSR count). The van der Waals surface area contributed by atoms with E-state index in [9.17, 15) is 8.78 Å². The Labute approximate surface area is 466 Å². The van der Waals surface area contributed by atoms with E-state index >= 15 is 79.0 Å². The molecule has 430 valence electrons. The van der Waals surface area contributed by atoms with E-state index in [2.05, 4.69) is 15.0 Å². The van der Waals surface area contributed by atoms with Crippen molar-refractivity contribution in [1.29, 1.82) is 0 Å². The molecule has 3 aromatic heterocycles. The highest BCUT2D eigenvalue weighted by Gasteiger charge is 2.56. The van der Waals surface area contributed by atoms with Gasteiger partial charge in [0, 0.05) is 68.0 Å². The fourth-order valence-electron chi connectivity index (χ4n) is 12.7. The summed E-state index contributed by atoms with van der Waals surface area (Å²) in [5.41, 5.74) is -18.1. The molecule has 4 unspecified atom stereocenters. The average molecular weight is 1200 g/mol. The fraction of sp³-hybridized carbons (Fsp3) is 0.0645. The van der Waals surface area contributed by atoms with Crippen molar-refractivity contribution in [3.8, 4) is 44.5 Å². The van der Waals surface area contributed by atoms with Crippen LogP contribution in [0.5, 0.6) is 0 Å². The van der Waals surface area contributed by atoms with Crippen LogP contribution in [0.15, 0.2) is 84.9 Å². The molecule has 0 spiro atoms. The van der Waals surface area contributed by atoms with Gasteiger partial charge in [0.15, 0.2) is 93.1 Å². The Hall–Kier alpha value is -9.74. The molecule has 3 aliphatic carbocycles. The van der Waals surface area contributed by atoms with Gasteiger partial charge in [-0.05, 0) is 69.4 Å². The number of H-pyrrole nitrogens is 2. The molecular weight excluding hydrogens is 1180 g/mol. The molecule has 2 N–H and O–H groups in total. The van der Waals surface area contributed by atoms with Gasteiger partial charge in [-0.1, -0.05) is 60.7 Å². The van der Waals surface area contributed by atoms with Crippen molar-refractivity contribution in [3.05, 3.63) is 246 Å². The van der Waals surface area contributed by atoms with Gasteiger partial charge in [0.2, 0.25) is 23.3 Å². The third-order valence-electron chi connectivity index (χ3n) is 16.2. The van der Waals surface area contributed by atoms with Crippen LogP contribution < -0.4 is 0 Å². The van der Waals surface area contributed by atoms with Crippen molar-refractivity contribution in [3.63, 3.8) is 0 Å². The molecule has 5 aliphatic rings. The van der Waals surface area contributed by atoms with Crippen LogP contribution in [-0.2, 0) is 0 Å². The lowest BCUT2D eigenvalue weighted by molar-refractivity contribution is 0.380. The first-order valence-electron chi connectivity index (χ1n) is 25.2. The average Bonchev–Trinajstić information content (AvgIpc) is 1.42. The van der Waals surface area contributed by atoms with Crippen LogP contribution in [0.4, 0.5) is 87.8 Å². The zero-order chi connectivity index (χ0) is 60.7. The highest BCUT2D eigenvalue weighted by molar-refractivity contribution is 5.99. The third-order valence-corrected chi connectivity index (χ3v) is 16.2. The molecule has 10 bridgehead atoms. The van der Waals surface area contributed by atoms with E-state index in [0.29, 0.717) is 57.3 Å². The molecule has 2 aliphatic heterocycles. The van der Waals surface area contributed by atoms with E-state index in [1.165, 1.54) is 0 Å². The first kappa shape index (κ1) is 54.2. The maximum atomic E-state index is 17.1. The quantitative estimate of drug-likeness (QED) is 0.105. The van der Waals surface area contributed by atoms with Gasteiger partial charge in [0.25, 0.3) is 0 Å². The molecule has 86 heavy (non-hydrogen) atoms. The molecule has 24 heteroatoms. The van der Waals surface area contributed by atoms with Gasteiger partial charge in [0.05, 0.1) is 45.0 Å². The number of aromatic amines is 2.